The van der Waals surface area contributed by atoms with Gasteiger partial charge in [0.05, 0.1) is 15.9 Å². The molecule has 8 nitrogen and oxygen atoms in total. The average Bonchev–Trinajstić information content (AvgIpc) is 3.41. The lowest BCUT2D eigenvalue weighted by atomic mass is 9.70. The molecule has 232 valence electrons. The van der Waals surface area contributed by atoms with Gasteiger partial charge in [0.1, 0.15) is 11.4 Å². The molecule has 3 fully saturated rings. The van der Waals surface area contributed by atoms with E-state index in [2.05, 4.69) is 46.7 Å². The van der Waals surface area contributed by atoms with Gasteiger partial charge in [-0.15, -0.1) is 0 Å². The van der Waals surface area contributed by atoms with Crippen molar-refractivity contribution in [1.82, 2.24) is 19.4 Å². The molecule has 2 aromatic carbocycles. The molecule has 6 rings (SSSR count). The Kier molecular flexibility index (Phi) is 7.86. The van der Waals surface area contributed by atoms with Gasteiger partial charge in [-0.2, -0.15) is 0 Å². The minimum atomic E-state index is -3.33. The monoisotopic (exact) mass is 606 g/mol. The number of amides is 1. The van der Waals surface area contributed by atoms with E-state index >= 15 is 0 Å². The summed E-state index contributed by atoms with van der Waals surface area (Å²) in [6.45, 7) is 9.98. The van der Waals surface area contributed by atoms with Crippen molar-refractivity contribution in [2.45, 2.75) is 107 Å². The first-order chi connectivity index (χ1) is 20.3. The topological polar surface area (TPSA) is 84.7 Å². The second kappa shape index (κ2) is 11.2. The lowest BCUT2D eigenvalue weighted by Crippen LogP contribution is -2.49. The second-order valence-corrected chi connectivity index (χ2v) is 16.1. The molecule has 0 radical (unpaired) electrons. The fourth-order valence-corrected chi connectivity index (χ4v) is 8.64. The molecular weight excluding hydrogens is 560 g/mol. The number of para-hydroxylation sites is 2. The predicted octanol–water partition coefficient (Wildman–Crippen LogP) is 6.28. The Morgan fingerprint density at radius 1 is 1.00 bits per heavy atom. The van der Waals surface area contributed by atoms with E-state index < -0.39 is 15.4 Å². The van der Waals surface area contributed by atoms with E-state index in [9.17, 15) is 13.2 Å². The second-order valence-electron chi connectivity index (χ2n) is 14.1. The van der Waals surface area contributed by atoms with Crippen LogP contribution >= 0.6 is 0 Å². The van der Waals surface area contributed by atoms with Crippen LogP contribution in [0.3, 0.4) is 0 Å². The van der Waals surface area contributed by atoms with Crippen molar-refractivity contribution in [2.75, 3.05) is 25.9 Å². The summed E-state index contributed by atoms with van der Waals surface area (Å²) >= 11 is 0. The Morgan fingerprint density at radius 2 is 1.67 bits per heavy atom. The fraction of sp³-hybridized carbons (Fsp3) is 0.588. The maximum Gasteiger partial charge on any atom is 0.410 e. The third kappa shape index (κ3) is 6.07. The van der Waals surface area contributed by atoms with Crippen LogP contribution in [0.4, 0.5) is 4.79 Å². The van der Waals surface area contributed by atoms with Crippen LogP contribution in [0, 0.1) is 6.92 Å². The number of nitrogens with zero attached hydrogens (tertiary/aromatic N) is 4. The van der Waals surface area contributed by atoms with Crippen LogP contribution in [0.15, 0.2) is 53.4 Å². The molecule has 0 aliphatic carbocycles. The molecule has 3 saturated heterocycles. The third-order valence-corrected chi connectivity index (χ3v) is 11.2. The molecule has 3 atom stereocenters. The SMILES string of the molecule is Cc1nc2ccccc2n1C1C[C@H]2CC[C@@H](C1)N2CCC1(c2cccc(S(C)(=O)=O)c2)CCN(C(=O)OC(C)(C)C)CC1. The number of sulfone groups is 1. The van der Waals surface area contributed by atoms with E-state index in [1.165, 1.54) is 24.6 Å². The first-order valence-electron chi connectivity index (χ1n) is 15.8. The first kappa shape index (κ1) is 30.1. The zero-order chi connectivity index (χ0) is 30.6. The summed E-state index contributed by atoms with van der Waals surface area (Å²) in [5, 5.41) is 0. The highest BCUT2D eigenvalue weighted by Crippen LogP contribution is 2.45. The number of hydrogen-bond donors (Lipinski definition) is 0. The van der Waals surface area contributed by atoms with E-state index in [0.29, 0.717) is 36.1 Å². The summed E-state index contributed by atoms with van der Waals surface area (Å²) < 4.78 is 33.1. The fourth-order valence-electron chi connectivity index (χ4n) is 7.97. The Balaban J connectivity index is 1.21. The van der Waals surface area contributed by atoms with Crippen LogP contribution in [0.25, 0.3) is 11.0 Å². The Morgan fingerprint density at radius 3 is 2.33 bits per heavy atom. The Labute approximate surface area is 256 Å². The van der Waals surface area contributed by atoms with E-state index in [1.807, 2.05) is 37.8 Å². The Hall–Kier alpha value is -2.91. The van der Waals surface area contributed by atoms with Crippen molar-refractivity contribution in [3.8, 4) is 0 Å². The number of imidazole rings is 1. The molecule has 1 unspecified atom stereocenters. The van der Waals surface area contributed by atoms with Gasteiger partial charge in [0.25, 0.3) is 0 Å². The zero-order valence-electron chi connectivity index (χ0n) is 26.3. The number of aryl methyl sites for hydroxylation is 1. The lowest BCUT2D eigenvalue weighted by Gasteiger charge is -2.45. The van der Waals surface area contributed by atoms with Crippen molar-refractivity contribution in [1.29, 1.82) is 0 Å². The summed E-state index contributed by atoms with van der Waals surface area (Å²) in [5.74, 6) is 1.10. The summed E-state index contributed by atoms with van der Waals surface area (Å²) in [7, 11) is -3.33. The van der Waals surface area contributed by atoms with Gasteiger partial charge >= 0.3 is 6.09 Å². The number of hydrogen-bond acceptors (Lipinski definition) is 6. The van der Waals surface area contributed by atoms with E-state index in [0.717, 1.165) is 55.6 Å². The minimum Gasteiger partial charge on any atom is -0.444 e. The molecule has 0 saturated carbocycles. The molecule has 0 spiro atoms. The van der Waals surface area contributed by atoms with Gasteiger partial charge < -0.3 is 14.2 Å². The van der Waals surface area contributed by atoms with E-state index in [1.54, 1.807) is 6.07 Å². The summed E-state index contributed by atoms with van der Waals surface area (Å²) in [6.07, 6.45) is 8.20. The maximum absolute atomic E-state index is 12.9. The van der Waals surface area contributed by atoms with Crippen molar-refractivity contribution in [3.05, 3.63) is 59.9 Å². The number of rotatable bonds is 6. The highest BCUT2D eigenvalue weighted by atomic mass is 32.2. The largest absolute Gasteiger partial charge is 0.444 e. The zero-order valence-corrected chi connectivity index (χ0v) is 27.1. The number of piperidine rings is 2. The molecule has 43 heavy (non-hydrogen) atoms. The van der Waals surface area contributed by atoms with Crippen LogP contribution in [0.5, 0.6) is 0 Å². The maximum atomic E-state index is 12.9. The molecule has 9 heteroatoms. The summed E-state index contributed by atoms with van der Waals surface area (Å²) in [5.41, 5.74) is 2.64. The van der Waals surface area contributed by atoms with Crippen LogP contribution in [0.1, 0.15) is 83.1 Å². The summed E-state index contributed by atoms with van der Waals surface area (Å²) in [6, 6.07) is 17.5. The molecule has 3 aliphatic heterocycles. The van der Waals surface area contributed by atoms with Gasteiger partial charge in [-0.05, 0) is 114 Å². The van der Waals surface area contributed by atoms with Gasteiger partial charge in [0.2, 0.25) is 0 Å². The van der Waals surface area contributed by atoms with E-state index in [4.69, 9.17) is 9.72 Å². The minimum absolute atomic E-state index is 0.202. The molecule has 1 amide bonds. The van der Waals surface area contributed by atoms with Crippen molar-refractivity contribution >= 4 is 27.0 Å². The lowest BCUT2D eigenvalue weighted by molar-refractivity contribution is 0.0143. The highest BCUT2D eigenvalue weighted by Gasteiger charge is 2.44. The van der Waals surface area contributed by atoms with Crippen LogP contribution in [-0.2, 0) is 20.0 Å². The van der Waals surface area contributed by atoms with Gasteiger partial charge in [-0.25, -0.2) is 18.2 Å². The smallest absolute Gasteiger partial charge is 0.410 e. The first-order valence-corrected chi connectivity index (χ1v) is 17.7. The standard InChI is InChI=1S/C34H46N4O4S/c1-24-35-30-11-6-7-12-31(30)38(24)28-22-26-13-14-27(23-28)37(26)20-17-34(25-9-8-10-29(21-25)43(5,40)41)15-18-36(19-16-34)32(39)42-33(2,3)4/h6-12,21,26-28H,13-20,22-23H2,1-5H3/t26-,27+,28?. The average molecular weight is 607 g/mol. The number of carbonyl (C=O) groups is 1. The predicted molar refractivity (Wildman–Crippen MR) is 169 cm³/mol. The number of ether oxygens (including phenoxy) is 1. The van der Waals surface area contributed by atoms with Crippen LogP contribution in [-0.4, -0.2) is 77.4 Å². The van der Waals surface area contributed by atoms with Crippen molar-refractivity contribution < 1.29 is 17.9 Å². The number of aromatic nitrogens is 2. The molecule has 0 N–H and O–H groups in total. The Bertz CT molecular complexity index is 1590. The molecule has 2 bridgehead atoms. The normalized spacial score (nSPS) is 24.4. The van der Waals surface area contributed by atoms with Gasteiger partial charge in [-0.3, -0.25) is 4.90 Å². The van der Waals surface area contributed by atoms with Gasteiger partial charge in [0.15, 0.2) is 9.84 Å². The van der Waals surface area contributed by atoms with Crippen LogP contribution in [0.2, 0.25) is 0 Å². The van der Waals surface area contributed by atoms with Crippen molar-refractivity contribution in [2.24, 2.45) is 0 Å². The number of carbonyl (C=O) groups excluding carboxylic acids is 1. The molecule has 4 heterocycles. The van der Waals surface area contributed by atoms with Crippen molar-refractivity contribution in [3.63, 3.8) is 0 Å². The van der Waals surface area contributed by atoms with Gasteiger partial charge in [-0.1, -0.05) is 24.3 Å². The molecular formula is C34H46N4O4S. The number of fused-ring (bicyclic) bond motifs is 3. The number of benzene rings is 2. The quantitative estimate of drug-likeness (QED) is 0.329. The van der Waals surface area contributed by atoms with E-state index in [-0.39, 0.29) is 11.5 Å². The highest BCUT2D eigenvalue weighted by molar-refractivity contribution is 7.90. The van der Waals surface area contributed by atoms with Gasteiger partial charge in [0, 0.05) is 37.5 Å². The third-order valence-electron chi connectivity index (χ3n) is 10.1. The molecule has 3 aliphatic rings. The van der Waals surface area contributed by atoms with Crippen LogP contribution < -0.4 is 0 Å². The molecule has 3 aromatic rings. The molecule has 1 aromatic heterocycles. The number of likely N-dealkylation sites (tertiary alicyclic amines) is 1. The summed E-state index contributed by atoms with van der Waals surface area (Å²) in [4.78, 5) is 22.7.